The van der Waals surface area contributed by atoms with Gasteiger partial charge >= 0.3 is 5.97 Å². The normalized spacial score (nSPS) is 10.7. The molecule has 1 N–H and O–H groups in total. The molecule has 0 fully saturated rings. The molecule has 3 rings (SSSR count). The predicted octanol–water partition coefficient (Wildman–Crippen LogP) is 4.13. The summed E-state index contributed by atoms with van der Waals surface area (Å²) in [4.78, 5) is 12.5. The molecule has 0 aliphatic carbocycles. The molecule has 6 nitrogen and oxygen atoms in total. The van der Waals surface area contributed by atoms with Gasteiger partial charge in [0, 0.05) is 31.3 Å². The number of carbonyl (C=O) groups is 1. The molecular weight excluding hydrogens is 366 g/mol. The maximum atomic E-state index is 10.5. The molecule has 0 unspecified atom stereocenters. The van der Waals surface area contributed by atoms with Crippen LogP contribution in [-0.4, -0.2) is 48.1 Å². The lowest BCUT2D eigenvalue weighted by molar-refractivity contribution is -0.142. The standard InChI is InChI=1S/C23H25N3O3/c1-26(14-8-9-15-29-17-22(27)28)21-16-20(18-10-4-2-5-11-18)23(25-24-21)19-12-6-3-7-13-19/h2-7,10-13,16H,8-9,14-15,17H2,1H3,(H,27,28). The van der Waals surface area contributed by atoms with E-state index in [2.05, 4.69) is 33.3 Å². The monoisotopic (exact) mass is 391 g/mol. The molecule has 150 valence electrons. The Kier molecular flexibility index (Phi) is 7.30. The van der Waals surface area contributed by atoms with E-state index in [-0.39, 0.29) is 6.61 Å². The van der Waals surface area contributed by atoms with E-state index in [1.165, 1.54) is 0 Å². The largest absolute Gasteiger partial charge is 0.480 e. The molecule has 0 radical (unpaired) electrons. The fraction of sp³-hybridized carbons (Fsp3) is 0.261. The molecule has 0 amide bonds. The number of hydrogen-bond acceptors (Lipinski definition) is 5. The highest BCUT2D eigenvalue weighted by Crippen LogP contribution is 2.31. The predicted molar refractivity (Wildman–Crippen MR) is 114 cm³/mol. The van der Waals surface area contributed by atoms with Crippen molar-refractivity contribution in [3.8, 4) is 22.4 Å². The first-order chi connectivity index (χ1) is 14.1. The fourth-order valence-electron chi connectivity index (χ4n) is 3.04. The molecule has 0 aliphatic rings. The first-order valence-corrected chi connectivity index (χ1v) is 9.64. The van der Waals surface area contributed by atoms with Crippen LogP contribution in [0.15, 0.2) is 66.7 Å². The lowest BCUT2D eigenvalue weighted by Crippen LogP contribution is -2.21. The highest BCUT2D eigenvalue weighted by Gasteiger charge is 2.13. The first-order valence-electron chi connectivity index (χ1n) is 9.64. The molecular formula is C23H25N3O3. The summed E-state index contributed by atoms with van der Waals surface area (Å²) in [5.74, 6) is -0.140. The molecule has 29 heavy (non-hydrogen) atoms. The lowest BCUT2D eigenvalue weighted by atomic mass is 10.00. The Balaban J connectivity index is 1.74. The van der Waals surface area contributed by atoms with E-state index in [4.69, 9.17) is 9.84 Å². The van der Waals surface area contributed by atoms with Crippen LogP contribution in [0, 0.1) is 0 Å². The van der Waals surface area contributed by atoms with Crippen molar-refractivity contribution in [2.75, 3.05) is 31.7 Å². The molecule has 0 atom stereocenters. The van der Waals surface area contributed by atoms with Crippen molar-refractivity contribution in [3.05, 3.63) is 66.7 Å². The zero-order valence-electron chi connectivity index (χ0n) is 16.5. The number of anilines is 1. The Bertz CT molecular complexity index is 917. The zero-order chi connectivity index (χ0) is 20.5. The summed E-state index contributed by atoms with van der Waals surface area (Å²) < 4.78 is 5.08. The lowest BCUT2D eigenvalue weighted by Gasteiger charge is -2.19. The molecule has 0 saturated heterocycles. The summed E-state index contributed by atoms with van der Waals surface area (Å²) in [6, 6.07) is 22.3. The van der Waals surface area contributed by atoms with Crippen LogP contribution in [0.2, 0.25) is 0 Å². The Hall–Kier alpha value is -3.25. The minimum Gasteiger partial charge on any atom is -0.480 e. The molecule has 1 heterocycles. The number of unbranched alkanes of at least 4 members (excludes halogenated alkanes) is 1. The van der Waals surface area contributed by atoms with Crippen LogP contribution in [0.1, 0.15) is 12.8 Å². The Morgan fingerprint density at radius 2 is 1.62 bits per heavy atom. The molecule has 0 saturated carbocycles. The van der Waals surface area contributed by atoms with Crippen LogP contribution in [-0.2, 0) is 9.53 Å². The third-order valence-electron chi connectivity index (χ3n) is 4.56. The number of hydrogen-bond donors (Lipinski definition) is 1. The van der Waals surface area contributed by atoms with E-state index >= 15 is 0 Å². The van der Waals surface area contributed by atoms with Crippen LogP contribution in [0.4, 0.5) is 5.82 Å². The van der Waals surface area contributed by atoms with Gasteiger partial charge in [-0.2, -0.15) is 0 Å². The number of benzene rings is 2. The fourth-order valence-corrected chi connectivity index (χ4v) is 3.04. The van der Waals surface area contributed by atoms with E-state index in [0.29, 0.717) is 6.61 Å². The van der Waals surface area contributed by atoms with Gasteiger partial charge in [-0.25, -0.2) is 4.79 Å². The third kappa shape index (κ3) is 5.86. The Labute approximate surface area is 170 Å². The summed E-state index contributed by atoms with van der Waals surface area (Å²) in [6.07, 6.45) is 1.66. The van der Waals surface area contributed by atoms with Crippen LogP contribution < -0.4 is 4.90 Å². The molecule has 3 aromatic rings. The van der Waals surface area contributed by atoms with Crippen molar-refractivity contribution < 1.29 is 14.6 Å². The SMILES string of the molecule is CN(CCCCOCC(=O)O)c1cc(-c2ccccc2)c(-c2ccccc2)nn1. The summed E-state index contributed by atoms with van der Waals surface area (Å²) in [7, 11) is 1.99. The molecule has 0 bridgehead atoms. The highest BCUT2D eigenvalue weighted by molar-refractivity contribution is 5.81. The summed E-state index contributed by atoms with van der Waals surface area (Å²) in [5.41, 5.74) is 4.02. The second-order valence-corrected chi connectivity index (χ2v) is 6.77. The van der Waals surface area contributed by atoms with Crippen molar-refractivity contribution >= 4 is 11.8 Å². The van der Waals surface area contributed by atoms with E-state index in [1.807, 2.05) is 55.6 Å². The van der Waals surface area contributed by atoms with Gasteiger partial charge in [-0.3, -0.25) is 0 Å². The van der Waals surface area contributed by atoms with Gasteiger partial charge < -0.3 is 14.7 Å². The summed E-state index contributed by atoms with van der Waals surface area (Å²) in [6.45, 7) is 0.973. The quantitative estimate of drug-likeness (QED) is 0.524. The second-order valence-electron chi connectivity index (χ2n) is 6.77. The topological polar surface area (TPSA) is 75.5 Å². The Morgan fingerprint density at radius 1 is 0.966 bits per heavy atom. The molecule has 6 heteroatoms. The number of aliphatic carboxylic acids is 1. The Morgan fingerprint density at radius 3 is 2.28 bits per heavy atom. The number of rotatable bonds is 10. The number of aromatic nitrogens is 2. The van der Waals surface area contributed by atoms with Crippen LogP contribution >= 0.6 is 0 Å². The zero-order valence-corrected chi connectivity index (χ0v) is 16.5. The number of carboxylic acid groups (broad SMARTS) is 1. The highest BCUT2D eigenvalue weighted by atomic mass is 16.5. The number of nitrogens with zero attached hydrogens (tertiary/aromatic N) is 3. The van der Waals surface area contributed by atoms with Crippen molar-refractivity contribution in [1.29, 1.82) is 0 Å². The van der Waals surface area contributed by atoms with Crippen molar-refractivity contribution in [1.82, 2.24) is 10.2 Å². The number of ether oxygens (including phenoxy) is 1. The third-order valence-corrected chi connectivity index (χ3v) is 4.56. The summed E-state index contributed by atoms with van der Waals surface area (Å²) >= 11 is 0. The average Bonchev–Trinajstić information content (AvgIpc) is 2.76. The minimum atomic E-state index is -0.940. The van der Waals surface area contributed by atoms with Crippen LogP contribution in [0.3, 0.4) is 0 Å². The van der Waals surface area contributed by atoms with Crippen LogP contribution in [0.25, 0.3) is 22.4 Å². The first kappa shape index (κ1) is 20.5. The minimum absolute atomic E-state index is 0.247. The molecule has 1 aromatic heterocycles. The van der Waals surface area contributed by atoms with Crippen molar-refractivity contribution in [2.45, 2.75) is 12.8 Å². The smallest absolute Gasteiger partial charge is 0.329 e. The van der Waals surface area contributed by atoms with Gasteiger partial charge in [-0.1, -0.05) is 60.7 Å². The van der Waals surface area contributed by atoms with E-state index < -0.39 is 5.97 Å². The van der Waals surface area contributed by atoms with Gasteiger partial charge in [0.15, 0.2) is 5.82 Å². The average molecular weight is 391 g/mol. The summed E-state index contributed by atoms with van der Waals surface area (Å²) in [5, 5.41) is 17.6. The van der Waals surface area contributed by atoms with Gasteiger partial charge in [0.1, 0.15) is 12.3 Å². The maximum absolute atomic E-state index is 10.5. The van der Waals surface area contributed by atoms with E-state index in [0.717, 1.165) is 47.6 Å². The van der Waals surface area contributed by atoms with E-state index in [1.54, 1.807) is 0 Å². The van der Waals surface area contributed by atoms with Crippen molar-refractivity contribution in [3.63, 3.8) is 0 Å². The number of carboxylic acids is 1. The molecule has 2 aromatic carbocycles. The second kappa shape index (κ2) is 10.3. The maximum Gasteiger partial charge on any atom is 0.329 e. The molecule has 0 aliphatic heterocycles. The van der Waals surface area contributed by atoms with Crippen LogP contribution in [0.5, 0.6) is 0 Å². The van der Waals surface area contributed by atoms with Gasteiger partial charge in [-0.15, -0.1) is 10.2 Å². The van der Waals surface area contributed by atoms with Gasteiger partial charge in [0.25, 0.3) is 0 Å². The van der Waals surface area contributed by atoms with Gasteiger partial charge in [0.2, 0.25) is 0 Å². The van der Waals surface area contributed by atoms with Gasteiger partial charge in [-0.05, 0) is 24.5 Å². The van der Waals surface area contributed by atoms with E-state index in [9.17, 15) is 4.79 Å². The molecule has 0 spiro atoms. The van der Waals surface area contributed by atoms with Crippen molar-refractivity contribution in [2.24, 2.45) is 0 Å². The van der Waals surface area contributed by atoms with Gasteiger partial charge in [0.05, 0.1) is 0 Å².